The van der Waals surface area contributed by atoms with E-state index in [9.17, 15) is 4.79 Å². The Bertz CT molecular complexity index is 624. The van der Waals surface area contributed by atoms with Crippen LogP contribution in [0.4, 0.5) is 5.69 Å². The van der Waals surface area contributed by atoms with Crippen molar-refractivity contribution in [2.45, 2.75) is 13.3 Å². The minimum Gasteiger partial charge on any atom is -0.494 e. The molecule has 110 valence electrons. The summed E-state index contributed by atoms with van der Waals surface area (Å²) >= 11 is 0. The van der Waals surface area contributed by atoms with E-state index in [-0.39, 0.29) is 11.3 Å². The molecule has 0 aliphatic heterocycles. The summed E-state index contributed by atoms with van der Waals surface area (Å²) < 4.78 is 11.2. The summed E-state index contributed by atoms with van der Waals surface area (Å²) in [5, 5.41) is 0. The van der Waals surface area contributed by atoms with Gasteiger partial charge in [0.05, 0.1) is 17.9 Å². The van der Waals surface area contributed by atoms with Crippen LogP contribution in [0.5, 0.6) is 17.2 Å². The molecule has 0 aromatic heterocycles. The van der Waals surface area contributed by atoms with Gasteiger partial charge in [0, 0.05) is 0 Å². The summed E-state index contributed by atoms with van der Waals surface area (Å²) in [5.74, 6) is 1.01. The first-order valence-corrected chi connectivity index (χ1v) is 6.71. The lowest BCUT2D eigenvalue weighted by molar-refractivity contribution is 0.0998. The van der Waals surface area contributed by atoms with Gasteiger partial charge in [-0.25, -0.2) is 0 Å². The van der Waals surface area contributed by atoms with Gasteiger partial charge in [-0.1, -0.05) is 13.0 Å². The Morgan fingerprint density at radius 2 is 1.76 bits per heavy atom. The Hall–Kier alpha value is -2.69. The molecule has 1 amide bonds. The van der Waals surface area contributed by atoms with E-state index in [0.717, 1.165) is 12.2 Å². The standard InChI is InChI=1S/C16H18N2O3/c1-2-10-20-11-6-8-12(9-7-11)21-15-13(16(18)19)4-3-5-14(15)17/h3-9H,2,10,17H2,1H3,(H2,18,19). The number of carbonyl (C=O) groups excluding carboxylic acids is 1. The predicted octanol–water partition coefficient (Wildman–Crippen LogP) is 2.95. The van der Waals surface area contributed by atoms with Crippen LogP contribution >= 0.6 is 0 Å². The maximum atomic E-state index is 11.4. The summed E-state index contributed by atoms with van der Waals surface area (Å²) in [6.45, 7) is 2.71. The van der Waals surface area contributed by atoms with Gasteiger partial charge in [-0.15, -0.1) is 0 Å². The lowest BCUT2D eigenvalue weighted by atomic mass is 10.1. The maximum Gasteiger partial charge on any atom is 0.252 e. The van der Waals surface area contributed by atoms with Crippen molar-refractivity contribution in [2.75, 3.05) is 12.3 Å². The zero-order chi connectivity index (χ0) is 15.2. The fourth-order valence-electron chi connectivity index (χ4n) is 1.80. The second kappa shape index (κ2) is 6.65. The number of benzene rings is 2. The van der Waals surface area contributed by atoms with Crippen molar-refractivity contribution < 1.29 is 14.3 Å². The first-order chi connectivity index (χ1) is 10.1. The van der Waals surface area contributed by atoms with Crippen LogP contribution in [0.1, 0.15) is 23.7 Å². The van der Waals surface area contributed by atoms with Crippen molar-refractivity contribution in [1.29, 1.82) is 0 Å². The Balaban J connectivity index is 2.20. The maximum absolute atomic E-state index is 11.4. The molecule has 0 radical (unpaired) electrons. The van der Waals surface area contributed by atoms with E-state index in [1.54, 1.807) is 42.5 Å². The molecule has 4 N–H and O–H groups in total. The summed E-state index contributed by atoms with van der Waals surface area (Å²) in [7, 11) is 0. The molecule has 21 heavy (non-hydrogen) atoms. The second-order valence-corrected chi connectivity index (χ2v) is 4.51. The molecule has 0 spiro atoms. The number of ether oxygens (including phenoxy) is 2. The molecule has 2 aromatic rings. The third-order valence-electron chi connectivity index (χ3n) is 2.83. The molecule has 2 aromatic carbocycles. The Kier molecular flexibility index (Phi) is 4.66. The quantitative estimate of drug-likeness (QED) is 0.799. The number of anilines is 1. The van der Waals surface area contributed by atoms with Gasteiger partial charge in [0.2, 0.25) is 0 Å². The molecule has 0 aliphatic rings. The molecule has 0 saturated carbocycles. The molecule has 0 saturated heterocycles. The van der Waals surface area contributed by atoms with E-state index in [2.05, 4.69) is 0 Å². The summed E-state index contributed by atoms with van der Waals surface area (Å²) in [5.41, 5.74) is 11.8. The number of primary amides is 1. The fourth-order valence-corrected chi connectivity index (χ4v) is 1.80. The van der Waals surface area contributed by atoms with Gasteiger partial charge in [-0.2, -0.15) is 0 Å². The van der Waals surface area contributed by atoms with Crippen molar-refractivity contribution in [3.05, 3.63) is 48.0 Å². The zero-order valence-corrected chi connectivity index (χ0v) is 11.8. The fraction of sp³-hybridized carbons (Fsp3) is 0.188. The average molecular weight is 286 g/mol. The van der Waals surface area contributed by atoms with Gasteiger partial charge in [0.15, 0.2) is 5.75 Å². The van der Waals surface area contributed by atoms with Gasteiger partial charge >= 0.3 is 0 Å². The number of hydrogen-bond donors (Lipinski definition) is 2. The highest BCUT2D eigenvalue weighted by atomic mass is 16.5. The normalized spacial score (nSPS) is 10.1. The van der Waals surface area contributed by atoms with Gasteiger partial charge in [0.25, 0.3) is 5.91 Å². The molecular weight excluding hydrogens is 268 g/mol. The summed E-state index contributed by atoms with van der Waals surface area (Å²) in [6, 6.07) is 12.0. The predicted molar refractivity (Wildman–Crippen MR) is 81.7 cm³/mol. The number of hydrogen-bond acceptors (Lipinski definition) is 4. The summed E-state index contributed by atoms with van der Waals surface area (Å²) in [4.78, 5) is 11.4. The van der Waals surface area contributed by atoms with Crippen molar-refractivity contribution in [3.63, 3.8) is 0 Å². The molecule has 0 aliphatic carbocycles. The number of nitrogens with two attached hydrogens (primary N) is 2. The number of carbonyl (C=O) groups is 1. The average Bonchev–Trinajstić information content (AvgIpc) is 2.48. The Morgan fingerprint density at radius 3 is 2.38 bits per heavy atom. The number of rotatable bonds is 6. The van der Waals surface area contributed by atoms with Crippen molar-refractivity contribution in [1.82, 2.24) is 0 Å². The monoisotopic (exact) mass is 286 g/mol. The highest BCUT2D eigenvalue weighted by Gasteiger charge is 2.13. The highest BCUT2D eigenvalue weighted by Crippen LogP contribution is 2.31. The largest absolute Gasteiger partial charge is 0.494 e. The third-order valence-corrected chi connectivity index (χ3v) is 2.83. The second-order valence-electron chi connectivity index (χ2n) is 4.51. The topological polar surface area (TPSA) is 87.6 Å². The third kappa shape index (κ3) is 3.66. The van der Waals surface area contributed by atoms with E-state index in [1.807, 2.05) is 6.92 Å². The molecule has 0 fully saturated rings. The van der Waals surface area contributed by atoms with Crippen LogP contribution in [-0.4, -0.2) is 12.5 Å². The molecular formula is C16H18N2O3. The molecule has 5 nitrogen and oxygen atoms in total. The Labute approximate surface area is 123 Å². The van der Waals surface area contributed by atoms with Crippen molar-refractivity contribution in [3.8, 4) is 17.2 Å². The molecule has 0 bridgehead atoms. The lowest BCUT2D eigenvalue weighted by Crippen LogP contribution is -2.13. The van der Waals surface area contributed by atoms with Crippen LogP contribution in [0.3, 0.4) is 0 Å². The molecule has 0 atom stereocenters. The van der Waals surface area contributed by atoms with E-state index in [0.29, 0.717) is 18.0 Å². The first-order valence-electron chi connectivity index (χ1n) is 6.71. The molecule has 0 heterocycles. The highest BCUT2D eigenvalue weighted by molar-refractivity contribution is 5.97. The van der Waals surface area contributed by atoms with E-state index < -0.39 is 5.91 Å². The van der Waals surface area contributed by atoms with Gasteiger partial charge in [-0.05, 0) is 42.8 Å². The number of amides is 1. The minimum absolute atomic E-state index is 0.251. The van der Waals surface area contributed by atoms with E-state index >= 15 is 0 Å². The van der Waals surface area contributed by atoms with Gasteiger partial charge < -0.3 is 20.9 Å². The van der Waals surface area contributed by atoms with Crippen LogP contribution < -0.4 is 20.9 Å². The van der Waals surface area contributed by atoms with Crippen LogP contribution in [-0.2, 0) is 0 Å². The number of nitrogen functional groups attached to an aromatic ring is 1. The minimum atomic E-state index is -0.583. The molecule has 0 unspecified atom stereocenters. The van der Waals surface area contributed by atoms with Gasteiger partial charge in [-0.3, -0.25) is 4.79 Å². The lowest BCUT2D eigenvalue weighted by Gasteiger charge is -2.12. The van der Waals surface area contributed by atoms with E-state index in [4.69, 9.17) is 20.9 Å². The Morgan fingerprint density at radius 1 is 1.10 bits per heavy atom. The smallest absolute Gasteiger partial charge is 0.252 e. The van der Waals surface area contributed by atoms with E-state index in [1.165, 1.54) is 0 Å². The van der Waals surface area contributed by atoms with Crippen LogP contribution in [0.2, 0.25) is 0 Å². The van der Waals surface area contributed by atoms with Crippen LogP contribution in [0.15, 0.2) is 42.5 Å². The van der Waals surface area contributed by atoms with Crippen molar-refractivity contribution >= 4 is 11.6 Å². The molecule has 2 rings (SSSR count). The summed E-state index contributed by atoms with van der Waals surface area (Å²) in [6.07, 6.45) is 0.945. The SMILES string of the molecule is CCCOc1ccc(Oc2c(N)cccc2C(N)=O)cc1. The van der Waals surface area contributed by atoms with Crippen LogP contribution in [0, 0.1) is 0 Å². The first kappa shape index (κ1) is 14.7. The van der Waals surface area contributed by atoms with Crippen LogP contribution in [0.25, 0.3) is 0 Å². The zero-order valence-electron chi connectivity index (χ0n) is 11.8. The van der Waals surface area contributed by atoms with Crippen molar-refractivity contribution in [2.24, 2.45) is 5.73 Å². The number of para-hydroxylation sites is 1. The molecule has 5 heteroatoms. The van der Waals surface area contributed by atoms with Gasteiger partial charge in [0.1, 0.15) is 11.5 Å².